The number of benzene rings is 2. The number of carbonyl (C=O) groups is 3. The Balaban J connectivity index is 1.92. The summed E-state index contributed by atoms with van der Waals surface area (Å²) in [6, 6.07) is 9.26. The fourth-order valence-corrected chi connectivity index (χ4v) is 3.16. The Morgan fingerprint density at radius 3 is 2.00 bits per heavy atom. The van der Waals surface area contributed by atoms with Crippen molar-refractivity contribution >= 4 is 17.5 Å². The summed E-state index contributed by atoms with van der Waals surface area (Å²) in [6.07, 6.45) is -1.16. The fourth-order valence-electron chi connectivity index (χ4n) is 3.16. The molecule has 1 aliphatic carbocycles. The molecule has 8 heteroatoms. The van der Waals surface area contributed by atoms with Crippen molar-refractivity contribution in [3.63, 3.8) is 0 Å². The predicted molar refractivity (Wildman–Crippen MR) is 105 cm³/mol. The monoisotopic (exact) mass is 414 g/mol. The van der Waals surface area contributed by atoms with E-state index < -0.39 is 23.8 Å². The third-order valence-corrected chi connectivity index (χ3v) is 4.39. The Morgan fingerprint density at radius 1 is 0.900 bits per heavy atom. The standard InChI is InChI=1S/C22H22O8/c1-3-27-17(23)11-29-15-9-5-7-13-19(15)21(25)14-8-6-10-16(20(14)22(13)26)30-12-18(24)28-4-2/h5-10,17,23H,3-4,11-12H2,1-2H3. The number of hydrogen-bond acceptors (Lipinski definition) is 8. The number of rotatable bonds is 9. The Kier molecular flexibility index (Phi) is 6.81. The largest absolute Gasteiger partial charge is 0.487 e. The van der Waals surface area contributed by atoms with Crippen LogP contribution in [0.15, 0.2) is 36.4 Å². The molecule has 0 radical (unpaired) electrons. The number of fused-ring (bicyclic) bond motifs is 2. The zero-order chi connectivity index (χ0) is 21.7. The first-order valence-corrected chi connectivity index (χ1v) is 9.54. The number of aliphatic hydroxyl groups is 1. The van der Waals surface area contributed by atoms with Gasteiger partial charge in [-0.3, -0.25) is 9.59 Å². The van der Waals surface area contributed by atoms with E-state index in [4.69, 9.17) is 18.9 Å². The second-order valence-electron chi connectivity index (χ2n) is 6.33. The zero-order valence-corrected chi connectivity index (χ0v) is 16.7. The van der Waals surface area contributed by atoms with Crippen molar-refractivity contribution in [3.05, 3.63) is 58.7 Å². The van der Waals surface area contributed by atoms with Gasteiger partial charge in [-0.25, -0.2) is 4.79 Å². The highest BCUT2D eigenvalue weighted by molar-refractivity contribution is 6.30. The van der Waals surface area contributed by atoms with Gasteiger partial charge in [0, 0.05) is 17.7 Å². The highest BCUT2D eigenvalue weighted by Gasteiger charge is 2.35. The quantitative estimate of drug-likeness (QED) is 0.419. The number of esters is 1. The highest BCUT2D eigenvalue weighted by atomic mass is 16.6. The number of ketones is 2. The van der Waals surface area contributed by atoms with Crippen LogP contribution in [0, 0.1) is 0 Å². The van der Waals surface area contributed by atoms with Crippen molar-refractivity contribution in [2.75, 3.05) is 26.4 Å². The minimum atomic E-state index is -1.16. The van der Waals surface area contributed by atoms with Crippen LogP contribution in [0.4, 0.5) is 0 Å². The smallest absolute Gasteiger partial charge is 0.344 e. The van der Waals surface area contributed by atoms with Gasteiger partial charge in [-0.15, -0.1) is 0 Å². The molecular formula is C22H22O8. The van der Waals surface area contributed by atoms with Crippen molar-refractivity contribution in [2.24, 2.45) is 0 Å². The molecule has 0 bridgehead atoms. The molecule has 0 heterocycles. The van der Waals surface area contributed by atoms with Gasteiger partial charge < -0.3 is 24.1 Å². The van der Waals surface area contributed by atoms with Crippen LogP contribution in [0.25, 0.3) is 0 Å². The maximum absolute atomic E-state index is 13.2. The van der Waals surface area contributed by atoms with Crippen molar-refractivity contribution in [1.29, 1.82) is 0 Å². The van der Waals surface area contributed by atoms with E-state index in [2.05, 4.69) is 0 Å². The van der Waals surface area contributed by atoms with Gasteiger partial charge >= 0.3 is 5.97 Å². The van der Waals surface area contributed by atoms with E-state index in [-0.39, 0.29) is 53.6 Å². The molecule has 1 atom stereocenters. The van der Waals surface area contributed by atoms with Gasteiger partial charge in [-0.2, -0.15) is 0 Å². The van der Waals surface area contributed by atoms with Gasteiger partial charge in [-0.05, 0) is 26.0 Å². The van der Waals surface area contributed by atoms with E-state index >= 15 is 0 Å². The Morgan fingerprint density at radius 2 is 1.47 bits per heavy atom. The minimum absolute atomic E-state index is 0.0887. The van der Waals surface area contributed by atoms with Crippen molar-refractivity contribution in [2.45, 2.75) is 20.1 Å². The average molecular weight is 414 g/mol. The predicted octanol–water partition coefficient (Wildman–Crippen LogP) is 2.14. The van der Waals surface area contributed by atoms with Gasteiger partial charge in [0.25, 0.3) is 0 Å². The summed E-state index contributed by atoms with van der Waals surface area (Å²) < 4.78 is 20.9. The summed E-state index contributed by atoms with van der Waals surface area (Å²) in [5, 5.41) is 9.72. The van der Waals surface area contributed by atoms with E-state index in [0.29, 0.717) is 6.61 Å². The summed E-state index contributed by atoms with van der Waals surface area (Å²) in [6.45, 7) is 3.35. The molecule has 0 saturated heterocycles. The second kappa shape index (κ2) is 9.51. The van der Waals surface area contributed by atoms with Crippen LogP contribution in [-0.2, 0) is 14.3 Å². The summed E-state index contributed by atoms with van der Waals surface area (Å²) in [5.41, 5.74) is 0.505. The highest BCUT2D eigenvalue weighted by Crippen LogP contribution is 2.37. The Bertz CT molecular complexity index is 966. The minimum Gasteiger partial charge on any atom is -0.487 e. The molecule has 2 aromatic rings. The third-order valence-electron chi connectivity index (χ3n) is 4.39. The van der Waals surface area contributed by atoms with Crippen LogP contribution in [0.3, 0.4) is 0 Å². The number of hydrogen-bond donors (Lipinski definition) is 1. The number of ether oxygens (including phenoxy) is 4. The lowest BCUT2D eigenvalue weighted by atomic mass is 9.83. The molecule has 1 aliphatic rings. The van der Waals surface area contributed by atoms with Crippen LogP contribution in [-0.4, -0.2) is 55.4 Å². The van der Waals surface area contributed by atoms with E-state index in [1.54, 1.807) is 32.0 Å². The molecule has 0 amide bonds. The molecule has 0 saturated carbocycles. The molecule has 1 N–H and O–H groups in total. The van der Waals surface area contributed by atoms with Crippen molar-refractivity contribution in [3.8, 4) is 11.5 Å². The van der Waals surface area contributed by atoms with E-state index in [9.17, 15) is 19.5 Å². The first-order valence-electron chi connectivity index (χ1n) is 9.54. The summed E-state index contributed by atoms with van der Waals surface area (Å²) in [7, 11) is 0. The molecule has 3 rings (SSSR count). The maximum Gasteiger partial charge on any atom is 0.344 e. The lowest BCUT2D eigenvalue weighted by Gasteiger charge is -2.22. The SMILES string of the molecule is CCOC(=O)COc1cccc2c1C(=O)c1cccc(OCC(O)OCC)c1C2=O. The molecule has 0 aromatic heterocycles. The molecular weight excluding hydrogens is 392 g/mol. The zero-order valence-electron chi connectivity index (χ0n) is 16.7. The van der Waals surface area contributed by atoms with E-state index in [0.717, 1.165) is 0 Å². The Labute approximate surface area is 173 Å². The molecule has 0 aliphatic heterocycles. The van der Waals surface area contributed by atoms with Crippen LogP contribution in [0.5, 0.6) is 11.5 Å². The molecule has 0 fully saturated rings. The van der Waals surface area contributed by atoms with Gasteiger partial charge in [0.15, 0.2) is 24.5 Å². The van der Waals surface area contributed by atoms with Crippen LogP contribution in [0.1, 0.15) is 45.7 Å². The van der Waals surface area contributed by atoms with Crippen LogP contribution < -0.4 is 9.47 Å². The molecule has 0 spiro atoms. The molecule has 30 heavy (non-hydrogen) atoms. The van der Waals surface area contributed by atoms with Gasteiger partial charge in [-0.1, -0.05) is 24.3 Å². The van der Waals surface area contributed by atoms with E-state index in [1.165, 1.54) is 18.2 Å². The second-order valence-corrected chi connectivity index (χ2v) is 6.33. The van der Waals surface area contributed by atoms with Gasteiger partial charge in [0.05, 0.1) is 17.7 Å². The van der Waals surface area contributed by atoms with Crippen LogP contribution in [0.2, 0.25) is 0 Å². The average Bonchev–Trinajstić information content (AvgIpc) is 2.74. The molecule has 1 unspecified atom stereocenters. The third kappa shape index (κ3) is 4.34. The van der Waals surface area contributed by atoms with Crippen molar-refractivity contribution in [1.82, 2.24) is 0 Å². The Hall–Kier alpha value is -3.23. The number of carbonyl (C=O) groups excluding carboxylic acids is 3. The van der Waals surface area contributed by atoms with Crippen molar-refractivity contribution < 1.29 is 38.4 Å². The topological polar surface area (TPSA) is 108 Å². The molecule has 8 nitrogen and oxygen atoms in total. The lowest BCUT2D eigenvalue weighted by molar-refractivity contribution is -0.145. The molecule has 158 valence electrons. The lowest BCUT2D eigenvalue weighted by Crippen LogP contribution is -2.25. The normalized spacial score (nSPS) is 13.3. The first-order chi connectivity index (χ1) is 14.5. The summed E-state index contributed by atoms with van der Waals surface area (Å²) in [5.74, 6) is -1.11. The fraction of sp³-hybridized carbons (Fsp3) is 0.318. The first kappa shape index (κ1) is 21.5. The summed E-state index contributed by atoms with van der Waals surface area (Å²) >= 11 is 0. The van der Waals surface area contributed by atoms with Gasteiger partial charge in [0.1, 0.15) is 18.1 Å². The maximum atomic E-state index is 13.2. The van der Waals surface area contributed by atoms with E-state index in [1.807, 2.05) is 0 Å². The van der Waals surface area contributed by atoms with Crippen LogP contribution >= 0.6 is 0 Å². The van der Waals surface area contributed by atoms with Gasteiger partial charge in [0.2, 0.25) is 0 Å². The molecule has 2 aromatic carbocycles. The number of aliphatic hydroxyl groups excluding tert-OH is 1. The summed E-state index contributed by atoms with van der Waals surface area (Å²) in [4.78, 5) is 37.9.